The predicted molar refractivity (Wildman–Crippen MR) is 152 cm³/mol. The van der Waals surface area contributed by atoms with E-state index in [1.807, 2.05) is 19.1 Å². The molecule has 1 saturated heterocycles. The number of hydrogen-bond donors (Lipinski definition) is 0. The maximum atomic E-state index is 15.0. The van der Waals surface area contributed by atoms with Gasteiger partial charge in [-0.05, 0) is 61.1 Å². The third-order valence-electron chi connectivity index (χ3n) is 7.45. The molecule has 39 heavy (non-hydrogen) atoms. The first-order chi connectivity index (χ1) is 19.0. The van der Waals surface area contributed by atoms with Gasteiger partial charge in [-0.15, -0.1) is 0 Å². The van der Waals surface area contributed by atoms with Gasteiger partial charge in [0.1, 0.15) is 5.82 Å². The van der Waals surface area contributed by atoms with Crippen molar-refractivity contribution in [1.29, 1.82) is 0 Å². The van der Waals surface area contributed by atoms with Gasteiger partial charge in [0.25, 0.3) is 0 Å². The Kier molecular flexibility index (Phi) is 10.7. The molecule has 1 fully saturated rings. The SMILES string of the molecule is CC=CC1CCC(c2ccc(-c3ccc(-c4ccc(OCCCCCCCC)c(F)c4F)cc3)cc2F)OC1. The summed E-state index contributed by atoms with van der Waals surface area (Å²) in [6.45, 7) is 5.14. The molecule has 4 rings (SSSR count). The van der Waals surface area contributed by atoms with Crippen LogP contribution in [-0.4, -0.2) is 13.2 Å². The number of allylic oxidation sites excluding steroid dienone is 1. The first-order valence-corrected chi connectivity index (χ1v) is 14.3. The summed E-state index contributed by atoms with van der Waals surface area (Å²) in [6, 6.07) is 15.3. The quantitative estimate of drug-likeness (QED) is 0.169. The summed E-state index contributed by atoms with van der Waals surface area (Å²) in [5, 5.41) is 0. The molecule has 2 atom stereocenters. The second-order valence-corrected chi connectivity index (χ2v) is 10.4. The lowest BCUT2D eigenvalue weighted by Crippen LogP contribution is -2.20. The highest BCUT2D eigenvalue weighted by Gasteiger charge is 2.24. The number of ether oxygens (including phenoxy) is 2. The van der Waals surface area contributed by atoms with Gasteiger partial charge in [0.15, 0.2) is 11.6 Å². The van der Waals surface area contributed by atoms with Gasteiger partial charge in [-0.25, -0.2) is 8.78 Å². The number of hydrogen-bond acceptors (Lipinski definition) is 2. The highest BCUT2D eigenvalue weighted by molar-refractivity contribution is 5.71. The van der Waals surface area contributed by atoms with E-state index in [0.717, 1.165) is 43.2 Å². The van der Waals surface area contributed by atoms with Gasteiger partial charge < -0.3 is 9.47 Å². The molecule has 1 aliphatic heterocycles. The number of rotatable bonds is 12. The van der Waals surface area contributed by atoms with E-state index in [4.69, 9.17) is 9.47 Å². The molecule has 2 nitrogen and oxygen atoms in total. The van der Waals surface area contributed by atoms with E-state index in [1.54, 1.807) is 36.4 Å². The Labute approximate surface area is 230 Å². The Hall–Kier alpha value is -3.05. The lowest BCUT2D eigenvalue weighted by atomic mass is 9.93. The van der Waals surface area contributed by atoms with E-state index < -0.39 is 11.6 Å². The van der Waals surface area contributed by atoms with Gasteiger partial charge in [0.05, 0.1) is 19.3 Å². The Balaban J connectivity index is 1.38. The molecule has 0 saturated carbocycles. The van der Waals surface area contributed by atoms with Crippen LogP contribution in [0.25, 0.3) is 22.3 Å². The van der Waals surface area contributed by atoms with Crippen molar-refractivity contribution in [2.24, 2.45) is 5.92 Å². The second-order valence-electron chi connectivity index (χ2n) is 10.4. The summed E-state index contributed by atoms with van der Waals surface area (Å²) in [5.41, 5.74) is 2.79. The topological polar surface area (TPSA) is 18.5 Å². The molecule has 1 heterocycles. The molecule has 2 unspecified atom stereocenters. The van der Waals surface area contributed by atoms with Crippen LogP contribution in [0.1, 0.15) is 76.9 Å². The highest BCUT2D eigenvalue weighted by atomic mass is 19.2. The Morgan fingerprint density at radius 3 is 2.23 bits per heavy atom. The molecule has 208 valence electrons. The molecule has 0 spiro atoms. The lowest BCUT2D eigenvalue weighted by molar-refractivity contribution is -0.00711. The van der Waals surface area contributed by atoms with Crippen molar-refractivity contribution in [2.45, 2.75) is 71.3 Å². The van der Waals surface area contributed by atoms with Gasteiger partial charge in [0.2, 0.25) is 5.82 Å². The molecule has 0 aromatic heterocycles. The molecular weight excluding hydrogens is 497 g/mol. The van der Waals surface area contributed by atoms with Crippen LogP contribution in [0.5, 0.6) is 5.75 Å². The standard InChI is InChI=1S/C34H39F3O2/c1-3-5-6-7-8-9-21-38-32-20-18-28(33(36)34(32)37)26-14-12-25(13-15-26)27-16-17-29(30(35)22-27)31-19-11-24(10-4-2)23-39-31/h4,10,12-18,20,22,24,31H,3,5-9,11,19,21,23H2,1-2H3. The molecule has 3 aromatic rings. The third kappa shape index (κ3) is 7.54. The van der Waals surface area contributed by atoms with E-state index in [9.17, 15) is 8.78 Å². The first-order valence-electron chi connectivity index (χ1n) is 14.3. The van der Waals surface area contributed by atoms with Gasteiger partial charge in [-0.2, -0.15) is 4.39 Å². The predicted octanol–water partition coefficient (Wildman–Crippen LogP) is 10.2. The maximum Gasteiger partial charge on any atom is 0.201 e. The minimum absolute atomic E-state index is 0.0590. The van der Waals surface area contributed by atoms with E-state index in [0.29, 0.717) is 30.3 Å². The van der Waals surface area contributed by atoms with Crippen LogP contribution in [-0.2, 0) is 4.74 Å². The fraction of sp³-hybridized carbons (Fsp3) is 0.412. The summed E-state index contributed by atoms with van der Waals surface area (Å²) in [5.74, 6) is -1.86. The van der Waals surface area contributed by atoms with Crippen LogP contribution >= 0.6 is 0 Å². The Bertz CT molecular complexity index is 1230. The highest BCUT2D eigenvalue weighted by Crippen LogP contribution is 2.35. The van der Waals surface area contributed by atoms with E-state index >= 15 is 4.39 Å². The maximum absolute atomic E-state index is 15.0. The zero-order chi connectivity index (χ0) is 27.6. The third-order valence-corrected chi connectivity index (χ3v) is 7.45. The van der Waals surface area contributed by atoms with Gasteiger partial charge in [-0.3, -0.25) is 0 Å². The summed E-state index contributed by atoms with van der Waals surface area (Å²) in [4.78, 5) is 0. The number of unbranched alkanes of at least 4 members (excludes halogenated alkanes) is 5. The van der Waals surface area contributed by atoms with Crippen LogP contribution in [0.3, 0.4) is 0 Å². The van der Waals surface area contributed by atoms with Crippen LogP contribution in [0, 0.1) is 23.4 Å². The summed E-state index contributed by atoms with van der Waals surface area (Å²) >= 11 is 0. The smallest absolute Gasteiger partial charge is 0.201 e. The Morgan fingerprint density at radius 2 is 1.54 bits per heavy atom. The molecule has 0 radical (unpaired) electrons. The summed E-state index contributed by atoms with van der Waals surface area (Å²) in [7, 11) is 0. The van der Waals surface area contributed by atoms with E-state index in [1.165, 1.54) is 31.4 Å². The van der Waals surface area contributed by atoms with Crippen molar-refractivity contribution in [1.82, 2.24) is 0 Å². The molecule has 0 N–H and O–H groups in total. The van der Waals surface area contributed by atoms with Gasteiger partial charge in [-0.1, -0.05) is 87.6 Å². The van der Waals surface area contributed by atoms with Crippen molar-refractivity contribution in [3.63, 3.8) is 0 Å². The number of halogens is 3. The summed E-state index contributed by atoms with van der Waals surface area (Å²) < 4.78 is 56.1. The van der Waals surface area contributed by atoms with Gasteiger partial charge in [0, 0.05) is 17.0 Å². The minimum atomic E-state index is -0.970. The molecule has 0 bridgehead atoms. The van der Waals surface area contributed by atoms with Crippen molar-refractivity contribution < 1.29 is 22.6 Å². The van der Waals surface area contributed by atoms with E-state index in [-0.39, 0.29) is 23.2 Å². The van der Waals surface area contributed by atoms with Crippen molar-refractivity contribution in [3.8, 4) is 28.0 Å². The zero-order valence-electron chi connectivity index (χ0n) is 23.0. The molecule has 5 heteroatoms. The largest absolute Gasteiger partial charge is 0.490 e. The second kappa shape index (κ2) is 14.4. The van der Waals surface area contributed by atoms with E-state index in [2.05, 4.69) is 13.0 Å². The van der Waals surface area contributed by atoms with Crippen LogP contribution in [0.2, 0.25) is 0 Å². The monoisotopic (exact) mass is 536 g/mol. The lowest BCUT2D eigenvalue weighted by Gasteiger charge is -2.28. The molecule has 1 aliphatic rings. The van der Waals surface area contributed by atoms with Gasteiger partial charge >= 0.3 is 0 Å². The van der Waals surface area contributed by atoms with Crippen molar-refractivity contribution in [2.75, 3.05) is 13.2 Å². The van der Waals surface area contributed by atoms with Crippen LogP contribution < -0.4 is 4.74 Å². The zero-order valence-corrected chi connectivity index (χ0v) is 23.0. The average molecular weight is 537 g/mol. The molecule has 0 amide bonds. The fourth-order valence-corrected chi connectivity index (χ4v) is 5.18. The van der Waals surface area contributed by atoms with Crippen LogP contribution in [0.4, 0.5) is 13.2 Å². The van der Waals surface area contributed by atoms with Crippen molar-refractivity contribution >= 4 is 0 Å². The Morgan fingerprint density at radius 1 is 0.821 bits per heavy atom. The van der Waals surface area contributed by atoms with Crippen molar-refractivity contribution in [3.05, 3.63) is 89.8 Å². The molecule has 0 aliphatic carbocycles. The van der Waals surface area contributed by atoms with Crippen LogP contribution in [0.15, 0.2) is 66.7 Å². The average Bonchev–Trinajstić information content (AvgIpc) is 2.95. The normalized spacial score (nSPS) is 17.6. The number of benzene rings is 3. The minimum Gasteiger partial charge on any atom is -0.490 e. The molecular formula is C34H39F3O2. The first kappa shape index (κ1) is 28.9. The summed E-state index contributed by atoms with van der Waals surface area (Å²) in [6.07, 6.45) is 12.3. The molecule has 3 aromatic carbocycles. The fourth-order valence-electron chi connectivity index (χ4n) is 5.18.